The number of nitrogens with zero attached hydrogens (tertiary/aromatic N) is 4. The van der Waals surface area contributed by atoms with Crippen molar-refractivity contribution in [3.05, 3.63) is 65.2 Å². The molecule has 27 heavy (non-hydrogen) atoms. The molecule has 0 bridgehead atoms. The van der Waals surface area contributed by atoms with Crippen LogP contribution < -0.4 is 5.73 Å². The minimum atomic E-state index is -0.700. The Bertz CT molecular complexity index is 921. The number of nitrogens with one attached hydrogen (secondary N) is 1. The Labute approximate surface area is 158 Å². The van der Waals surface area contributed by atoms with Gasteiger partial charge in [0.25, 0.3) is 0 Å². The maximum absolute atomic E-state index is 13.1. The Kier molecular flexibility index (Phi) is 4.53. The van der Waals surface area contributed by atoms with Crippen molar-refractivity contribution in [1.82, 2.24) is 24.9 Å². The Morgan fingerprint density at radius 3 is 2.70 bits per heavy atom. The lowest BCUT2D eigenvalue weighted by Gasteiger charge is -2.25. The molecule has 3 N–H and O–H groups in total. The quantitative estimate of drug-likeness (QED) is 0.702. The summed E-state index contributed by atoms with van der Waals surface area (Å²) in [7, 11) is 0. The van der Waals surface area contributed by atoms with Crippen LogP contribution in [-0.2, 0) is 11.3 Å². The maximum Gasteiger partial charge on any atom is 0.244 e. The lowest BCUT2D eigenvalue weighted by atomic mass is 10.0. The predicted molar refractivity (Wildman–Crippen MR) is 102 cm³/mol. The molecule has 2 aromatic heterocycles. The van der Waals surface area contributed by atoms with Crippen molar-refractivity contribution in [2.24, 2.45) is 5.73 Å². The van der Waals surface area contributed by atoms with E-state index in [9.17, 15) is 4.79 Å². The molecule has 1 saturated carbocycles. The molecule has 1 fully saturated rings. The van der Waals surface area contributed by atoms with Crippen LogP contribution in [0.4, 0.5) is 0 Å². The molecule has 1 amide bonds. The van der Waals surface area contributed by atoms with Gasteiger partial charge in [0.2, 0.25) is 5.91 Å². The molecule has 1 unspecified atom stereocenters. The Morgan fingerprint density at radius 2 is 2.07 bits per heavy atom. The standard InChI is InChI=1S/C20H24N6O/c1-13-18(14(2)24-23-13)19(21)20(27)25(16-8-9-16)11-15-10-22-26(12-15)17-6-4-3-5-7-17/h3-7,10,12,16,19H,8-9,11,21H2,1-2H3,(H,23,24). The van der Waals surface area contributed by atoms with E-state index in [0.717, 1.165) is 41.0 Å². The molecule has 140 valence electrons. The molecule has 7 nitrogen and oxygen atoms in total. The zero-order valence-corrected chi connectivity index (χ0v) is 15.6. The lowest BCUT2D eigenvalue weighted by molar-refractivity contribution is -0.134. The van der Waals surface area contributed by atoms with E-state index < -0.39 is 6.04 Å². The second-order valence-corrected chi connectivity index (χ2v) is 7.15. The molecule has 2 heterocycles. The highest BCUT2D eigenvalue weighted by molar-refractivity contribution is 5.84. The van der Waals surface area contributed by atoms with Crippen LogP contribution in [0.5, 0.6) is 0 Å². The minimum Gasteiger partial charge on any atom is -0.334 e. The number of rotatable bonds is 6. The number of benzene rings is 1. The van der Waals surface area contributed by atoms with Crippen LogP contribution in [0.1, 0.15) is 41.4 Å². The van der Waals surface area contributed by atoms with E-state index in [1.54, 1.807) is 0 Å². The fourth-order valence-electron chi connectivity index (χ4n) is 3.45. The molecule has 0 radical (unpaired) electrons. The fourth-order valence-corrected chi connectivity index (χ4v) is 3.45. The van der Waals surface area contributed by atoms with Crippen LogP contribution in [-0.4, -0.2) is 36.8 Å². The topological polar surface area (TPSA) is 92.8 Å². The fraction of sp³-hybridized carbons (Fsp3) is 0.350. The number of carbonyl (C=O) groups is 1. The first-order valence-corrected chi connectivity index (χ1v) is 9.21. The van der Waals surface area contributed by atoms with Crippen molar-refractivity contribution in [3.8, 4) is 5.69 Å². The van der Waals surface area contributed by atoms with Gasteiger partial charge in [-0.2, -0.15) is 10.2 Å². The molecule has 1 aliphatic rings. The molecule has 4 rings (SSSR count). The zero-order chi connectivity index (χ0) is 19.0. The summed E-state index contributed by atoms with van der Waals surface area (Å²) in [5, 5.41) is 11.5. The number of nitrogens with two attached hydrogens (primary N) is 1. The van der Waals surface area contributed by atoms with Gasteiger partial charge in [-0.05, 0) is 38.8 Å². The summed E-state index contributed by atoms with van der Waals surface area (Å²) in [5.74, 6) is -0.0578. The maximum atomic E-state index is 13.1. The van der Waals surface area contributed by atoms with Gasteiger partial charge in [0.15, 0.2) is 0 Å². The summed E-state index contributed by atoms with van der Waals surface area (Å²) < 4.78 is 1.83. The van der Waals surface area contributed by atoms with Crippen molar-refractivity contribution in [2.75, 3.05) is 0 Å². The van der Waals surface area contributed by atoms with Gasteiger partial charge in [-0.15, -0.1) is 0 Å². The van der Waals surface area contributed by atoms with Gasteiger partial charge in [0, 0.05) is 35.6 Å². The van der Waals surface area contributed by atoms with Gasteiger partial charge in [0.05, 0.1) is 17.6 Å². The molecule has 7 heteroatoms. The van der Waals surface area contributed by atoms with Crippen molar-refractivity contribution >= 4 is 5.91 Å². The smallest absolute Gasteiger partial charge is 0.244 e. The highest BCUT2D eigenvalue weighted by Gasteiger charge is 2.36. The van der Waals surface area contributed by atoms with Gasteiger partial charge in [-0.3, -0.25) is 9.89 Å². The second-order valence-electron chi connectivity index (χ2n) is 7.15. The van der Waals surface area contributed by atoms with Crippen LogP contribution >= 0.6 is 0 Å². The normalized spacial score (nSPS) is 14.9. The minimum absolute atomic E-state index is 0.0578. The number of aromatic nitrogens is 4. The number of aryl methyl sites for hydroxylation is 2. The summed E-state index contributed by atoms with van der Waals surface area (Å²) in [4.78, 5) is 15.0. The summed E-state index contributed by atoms with van der Waals surface area (Å²) >= 11 is 0. The van der Waals surface area contributed by atoms with Gasteiger partial charge >= 0.3 is 0 Å². The SMILES string of the molecule is Cc1n[nH]c(C)c1C(N)C(=O)N(Cc1cnn(-c2ccccc2)c1)C1CC1. The second kappa shape index (κ2) is 7.00. The van der Waals surface area contributed by atoms with E-state index in [0.29, 0.717) is 6.54 Å². The molecular weight excluding hydrogens is 340 g/mol. The van der Waals surface area contributed by atoms with Gasteiger partial charge in [-0.25, -0.2) is 4.68 Å². The molecule has 1 aliphatic carbocycles. The average Bonchev–Trinajstić information content (AvgIpc) is 3.32. The first-order valence-electron chi connectivity index (χ1n) is 9.21. The van der Waals surface area contributed by atoms with Gasteiger partial charge in [-0.1, -0.05) is 18.2 Å². The first kappa shape index (κ1) is 17.5. The monoisotopic (exact) mass is 364 g/mol. The van der Waals surface area contributed by atoms with Crippen LogP contribution in [0.2, 0.25) is 0 Å². The highest BCUT2D eigenvalue weighted by atomic mass is 16.2. The Morgan fingerprint density at radius 1 is 1.33 bits per heavy atom. The third-order valence-electron chi connectivity index (χ3n) is 5.04. The molecule has 1 atom stereocenters. The number of carbonyl (C=O) groups excluding carboxylic acids is 1. The molecule has 0 saturated heterocycles. The first-order chi connectivity index (χ1) is 13.0. The van der Waals surface area contributed by atoms with E-state index in [4.69, 9.17) is 5.73 Å². The Hall–Kier alpha value is -2.93. The molecule has 0 aliphatic heterocycles. The number of aromatic amines is 1. The third kappa shape index (κ3) is 3.50. The number of hydrogen-bond donors (Lipinski definition) is 2. The number of hydrogen-bond acceptors (Lipinski definition) is 4. The van der Waals surface area contributed by atoms with E-state index >= 15 is 0 Å². The van der Waals surface area contributed by atoms with Crippen molar-refractivity contribution in [3.63, 3.8) is 0 Å². The summed E-state index contributed by atoms with van der Waals surface area (Å²) in [6.45, 7) is 4.28. The number of H-pyrrole nitrogens is 1. The van der Waals surface area contributed by atoms with E-state index in [-0.39, 0.29) is 11.9 Å². The molecular formula is C20H24N6O. The number of amides is 1. The van der Waals surface area contributed by atoms with Crippen LogP contribution in [0.25, 0.3) is 5.69 Å². The average molecular weight is 364 g/mol. The highest BCUT2D eigenvalue weighted by Crippen LogP contribution is 2.31. The van der Waals surface area contributed by atoms with Crippen molar-refractivity contribution in [2.45, 2.75) is 45.3 Å². The van der Waals surface area contributed by atoms with Crippen molar-refractivity contribution < 1.29 is 4.79 Å². The van der Waals surface area contributed by atoms with Crippen LogP contribution in [0, 0.1) is 13.8 Å². The van der Waals surface area contributed by atoms with Gasteiger partial charge in [0.1, 0.15) is 6.04 Å². The zero-order valence-electron chi connectivity index (χ0n) is 15.6. The summed E-state index contributed by atoms with van der Waals surface area (Å²) in [6.07, 6.45) is 5.83. The summed E-state index contributed by atoms with van der Waals surface area (Å²) in [6, 6.07) is 9.49. The van der Waals surface area contributed by atoms with Crippen molar-refractivity contribution in [1.29, 1.82) is 0 Å². The van der Waals surface area contributed by atoms with Gasteiger partial charge < -0.3 is 10.6 Å². The van der Waals surface area contributed by atoms with E-state index in [2.05, 4.69) is 15.3 Å². The van der Waals surface area contributed by atoms with E-state index in [1.807, 2.05) is 66.2 Å². The molecule has 1 aromatic carbocycles. The summed E-state index contributed by atoms with van der Waals surface area (Å²) in [5.41, 5.74) is 10.7. The lowest BCUT2D eigenvalue weighted by Crippen LogP contribution is -2.39. The van der Waals surface area contributed by atoms with Crippen LogP contribution in [0.15, 0.2) is 42.7 Å². The molecule has 3 aromatic rings. The predicted octanol–water partition coefficient (Wildman–Crippen LogP) is 2.40. The van der Waals surface area contributed by atoms with E-state index in [1.165, 1.54) is 0 Å². The number of para-hydroxylation sites is 1. The Balaban J connectivity index is 1.54. The largest absolute Gasteiger partial charge is 0.334 e. The third-order valence-corrected chi connectivity index (χ3v) is 5.04. The van der Waals surface area contributed by atoms with Crippen LogP contribution in [0.3, 0.4) is 0 Å². The molecule has 0 spiro atoms.